The van der Waals surface area contributed by atoms with E-state index in [0.717, 1.165) is 19.3 Å². The Morgan fingerprint density at radius 1 is 1.22 bits per heavy atom. The van der Waals surface area contributed by atoms with Gasteiger partial charge in [-0.25, -0.2) is 4.79 Å². The van der Waals surface area contributed by atoms with Crippen LogP contribution in [0.15, 0.2) is 30.3 Å². The van der Waals surface area contributed by atoms with Gasteiger partial charge in [0.05, 0.1) is 23.8 Å². The molecule has 1 saturated carbocycles. The third-order valence-corrected chi connectivity index (χ3v) is 4.82. The number of nitrogens with one attached hydrogen (secondary N) is 1. The van der Waals surface area contributed by atoms with Crippen molar-refractivity contribution in [3.05, 3.63) is 52.0 Å². The average molecular weight is 390 g/mol. The van der Waals surface area contributed by atoms with Crippen molar-refractivity contribution >= 4 is 29.2 Å². The molecule has 2 aromatic carbocycles. The number of hydrogen-bond acceptors (Lipinski definition) is 4. The number of carbonyl (C=O) groups excluding carboxylic acids is 1. The molecule has 2 N–H and O–H groups in total. The van der Waals surface area contributed by atoms with Crippen LogP contribution in [0.1, 0.15) is 45.5 Å². The van der Waals surface area contributed by atoms with Crippen molar-refractivity contribution in [1.29, 1.82) is 0 Å². The number of carboxylic acid groups (broad SMARTS) is 1. The minimum absolute atomic E-state index is 0.111. The first kappa shape index (κ1) is 19.0. The molecule has 0 saturated heterocycles. The molecule has 0 spiro atoms. The van der Waals surface area contributed by atoms with Crippen molar-refractivity contribution in [3.8, 4) is 11.5 Å². The first-order valence-electron chi connectivity index (χ1n) is 8.58. The maximum atomic E-state index is 12.6. The van der Waals surface area contributed by atoms with Gasteiger partial charge in [0.1, 0.15) is 0 Å². The second kappa shape index (κ2) is 7.88. The lowest BCUT2D eigenvalue weighted by Crippen LogP contribution is -2.25. The molecule has 1 amide bonds. The molecule has 1 aliphatic rings. The van der Waals surface area contributed by atoms with Crippen molar-refractivity contribution in [1.82, 2.24) is 0 Å². The summed E-state index contributed by atoms with van der Waals surface area (Å²) in [4.78, 5) is 23.7. The van der Waals surface area contributed by atoms with E-state index < -0.39 is 5.97 Å². The van der Waals surface area contributed by atoms with Gasteiger partial charge < -0.3 is 19.9 Å². The van der Waals surface area contributed by atoms with E-state index in [0.29, 0.717) is 28.3 Å². The topological polar surface area (TPSA) is 84.9 Å². The summed E-state index contributed by atoms with van der Waals surface area (Å²) < 4.78 is 11.2. The zero-order valence-corrected chi connectivity index (χ0v) is 15.8. The number of halogens is 1. The van der Waals surface area contributed by atoms with Crippen molar-refractivity contribution < 1.29 is 24.2 Å². The fourth-order valence-electron chi connectivity index (χ4n) is 2.84. The molecule has 0 heterocycles. The van der Waals surface area contributed by atoms with Crippen molar-refractivity contribution in [2.24, 2.45) is 0 Å². The molecule has 0 aliphatic heterocycles. The number of methoxy groups -OCH3 is 1. The summed E-state index contributed by atoms with van der Waals surface area (Å²) in [7, 11) is 1.50. The second-order valence-corrected chi connectivity index (χ2v) is 6.86. The van der Waals surface area contributed by atoms with Gasteiger partial charge >= 0.3 is 5.97 Å². The predicted molar refractivity (Wildman–Crippen MR) is 102 cm³/mol. The first-order chi connectivity index (χ1) is 12.9. The van der Waals surface area contributed by atoms with Gasteiger partial charge in [-0.3, -0.25) is 4.79 Å². The Labute approximate surface area is 162 Å². The summed E-state index contributed by atoms with van der Waals surface area (Å²) in [6.45, 7) is 1.67. The smallest absolute Gasteiger partial charge is 0.335 e. The number of carbonyl (C=O) groups is 2. The molecule has 2 aromatic rings. The van der Waals surface area contributed by atoms with Crippen LogP contribution in [0.3, 0.4) is 0 Å². The molecule has 0 atom stereocenters. The SMILES string of the molecule is COc1c(Cl)cc(C(=O)Nc2ccc(C(=O)O)c(C)c2)cc1OC1CCC1. The van der Waals surface area contributed by atoms with Crippen LogP contribution in [-0.2, 0) is 0 Å². The Balaban J connectivity index is 1.83. The summed E-state index contributed by atoms with van der Waals surface area (Å²) in [6, 6.07) is 7.74. The summed E-state index contributed by atoms with van der Waals surface area (Å²) in [6.07, 6.45) is 3.16. The number of aromatic carboxylic acids is 1. The van der Waals surface area contributed by atoms with Crippen LogP contribution in [0, 0.1) is 6.92 Å². The van der Waals surface area contributed by atoms with E-state index in [1.807, 2.05) is 0 Å². The second-order valence-electron chi connectivity index (χ2n) is 6.45. The van der Waals surface area contributed by atoms with E-state index in [9.17, 15) is 9.59 Å². The minimum atomic E-state index is -1.01. The largest absolute Gasteiger partial charge is 0.491 e. The number of aryl methyl sites for hydroxylation is 1. The van der Waals surface area contributed by atoms with Gasteiger partial charge in [-0.05, 0) is 62.1 Å². The van der Waals surface area contributed by atoms with Gasteiger partial charge in [0.15, 0.2) is 11.5 Å². The number of ether oxygens (including phenoxy) is 2. The third-order valence-electron chi connectivity index (χ3n) is 4.54. The zero-order chi connectivity index (χ0) is 19.6. The highest BCUT2D eigenvalue weighted by Crippen LogP contribution is 2.39. The van der Waals surface area contributed by atoms with Gasteiger partial charge in [0.2, 0.25) is 0 Å². The van der Waals surface area contributed by atoms with Crippen LogP contribution < -0.4 is 14.8 Å². The predicted octanol–water partition coefficient (Wildman–Crippen LogP) is 4.54. The van der Waals surface area contributed by atoms with Crippen LogP contribution in [0.5, 0.6) is 11.5 Å². The van der Waals surface area contributed by atoms with Crippen LogP contribution in [-0.4, -0.2) is 30.2 Å². The van der Waals surface area contributed by atoms with Crippen molar-refractivity contribution in [3.63, 3.8) is 0 Å². The highest BCUT2D eigenvalue weighted by atomic mass is 35.5. The van der Waals surface area contributed by atoms with E-state index in [-0.39, 0.29) is 22.6 Å². The molecule has 0 radical (unpaired) electrons. The lowest BCUT2D eigenvalue weighted by Gasteiger charge is -2.27. The maximum Gasteiger partial charge on any atom is 0.335 e. The average Bonchev–Trinajstić information content (AvgIpc) is 2.57. The standard InChI is InChI=1S/C20H20ClNO5/c1-11-8-13(6-7-15(11)20(24)25)22-19(23)12-9-16(21)18(26-2)17(10-12)27-14-4-3-5-14/h6-10,14H,3-5H2,1-2H3,(H,22,23)(H,24,25). The highest BCUT2D eigenvalue weighted by molar-refractivity contribution is 6.32. The molecule has 7 heteroatoms. The monoisotopic (exact) mass is 389 g/mol. The number of hydrogen-bond donors (Lipinski definition) is 2. The van der Waals surface area contributed by atoms with Crippen molar-refractivity contribution in [2.45, 2.75) is 32.3 Å². The molecule has 1 aliphatic carbocycles. The molecule has 1 fully saturated rings. The summed E-state index contributed by atoms with van der Waals surface area (Å²) >= 11 is 6.26. The van der Waals surface area contributed by atoms with E-state index in [4.69, 9.17) is 26.2 Å². The Kier molecular flexibility index (Phi) is 5.56. The van der Waals surface area contributed by atoms with Gasteiger partial charge in [-0.2, -0.15) is 0 Å². The number of carboxylic acids is 1. The Hall–Kier alpha value is -2.73. The van der Waals surface area contributed by atoms with E-state index in [1.165, 1.54) is 19.2 Å². The number of anilines is 1. The van der Waals surface area contributed by atoms with Gasteiger partial charge in [-0.1, -0.05) is 11.6 Å². The lowest BCUT2D eigenvalue weighted by molar-refractivity contribution is 0.0696. The first-order valence-corrected chi connectivity index (χ1v) is 8.96. The molecule has 3 rings (SSSR count). The lowest BCUT2D eigenvalue weighted by atomic mass is 9.96. The normalized spacial score (nSPS) is 13.6. The number of rotatable bonds is 6. The number of benzene rings is 2. The molecule has 0 bridgehead atoms. The summed E-state index contributed by atoms with van der Waals surface area (Å²) in [5, 5.41) is 12.1. The number of amides is 1. The minimum Gasteiger partial charge on any atom is -0.491 e. The van der Waals surface area contributed by atoms with Crippen LogP contribution in [0.4, 0.5) is 5.69 Å². The van der Waals surface area contributed by atoms with Crippen LogP contribution in [0.25, 0.3) is 0 Å². The fourth-order valence-corrected chi connectivity index (χ4v) is 3.13. The fraction of sp³-hybridized carbons (Fsp3) is 0.300. The van der Waals surface area contributed by atoms with E-state index in [1.54, 1.807) is 25.1 Å². The van der Waals surface area contributed by atoms with Gasteiger partial charge in [-0.15, -0.1) is 0 Å². The highest BCUT2D eigenvalue weighted by Gasteiger charge is 2.23. The Morgan fingerprint density at radius 2 is 1.96 bits per heavy atom. The quantitative estimate of drug-likeness (QED) is 0.757. The molecule has 0 unspecified atom stereocenters. The molecule has 142 valence electrons. The molecule has 27 heavy (non-hydrogen) atoms. The third kappa shape index (κ3) is 4.17. The van der Waals surface area contributed by atoms with Crippen LogP contribution >= 0.6 is 11.6 Å². The summed E-state index contributed by atoms with van der Waals surface area (Å²) in [5.74, 6) is -0.537. The van der Waals surface area contributed by atoms with E-state index in [2.05, 4.69) is 5.32 Å². The molecular weight excluding hydrogens is 370 g/mol. The van der Waals surface area contributed by atoms with Gasteiger partial charge in [0.25, 0.3) is 5.91 Å². The Morgan fingerprint density at radius 3 is 2.52 bits per heavy atom. The molecule has 0 aromatic heterocycles. The molecular formula is C20H20ClNO5. The molecule has 6 nitrogen and oxygen atoms in total. The van der Waals surface area contributed by atoms with Crippen molar-refractivity contribution in [2.75, 3.05) is 12.4 Å². The van der Waals surface area contributed by atoms with E-state index >= 15 is 0 Å². The summed E-state index contributed by atoms with van der Waals surface area (Å²) in [5.41, 5.74) is 1.57. The Bertz CT molecular complexity index is 892. The van der Waals surface area contributed by atoms with Crippen LogP contribution in [0.2, 0.25) is 5.02 Å². The zero-order valence-electron chi connectivity index (χ0n) is 15.0. The maximum absolute atomic E-state index is 12.6. The van der Waals surface area contributed by atoms with Gasteiger partial charge in [0, 0.05) is 11.3 Å².